The van der Waals surface area contributed by atoms with E-state index >= 15 is 0 Å². The van der Waals surface area contributed by atoms with Gasteiger partial charge in [0.05, 0.1) is 12.1 Å². The molecule has 3 aromatic carbocycles. The normalized spacial score (nSPS) is 14.9. The van der Waals surface area contributed by atoms with Crippen LogP contribution in [0, 0.1) is 5.92 Å². The van der Waals surface area contributed by atoms with E-state index in [2.05, 4.69) is 88.4 Å². The molecule has 0 saturated carbocycles. The Bertz CT molecular complexity index is 1130. The average molecular weight is 555 g/mol. The molecule has 41 heavy (non-hydrogen) atoms. The zero-order chi connectivity index (χ0) is 28.7. The predicted molar refractivity (Wildman–Crippen MR) is 167 cm³/mol. The van der Waals surface area contributed by atoms with E-state index in [0.29, 0.717) is 18.7 Å². The van der Waals surface area contributed by atoms with E-state index in [4.69, 9.17) is 0 Å². The molecule has 0 radical (unpaired) electrons. The minimum atomic E-state index is -0.145. The standard InChI is InChI=1S/C35H46N4O2/c1-2-3-4-5-15-24-36-35(41)38-32(27-37-34(40)31-20-13-8-14-21-31)28-22-25-39(26-23-28)33(29-16-9-6-10-17-29)30-18-11-7-12-19-30/h6-14,16-21,28,32-33H,2-5,15,22-27H2,1H3,(H,37,40)(H2,36,38,41). The molecule has 0 spiro atoms. The maximum absolute atomic E-state index is 12.9. The van der Waals surface area contributed by atoms with Crippen LogP contribution in [0.15, 0.2) is 91.0 Å². The predicted octanol–water partition coefficient (Wildman–Crippen LogP) is 6.56. The second kappa shape index (κ2) is 16.6. The van der Waals surface area contributed by atoms with E-state index in [1.54, 1.807) is 0 Å². The second-order valence-electron chi connectivity index (χ2n) is 11.1. The van der Waals surface area contributed by atoms with Crippen molar-refractivity contribution in [3.05, 3.63) is 108 Å². The number of carbonyl (C=O) groups excluding carboxylic acids is 2. The van der Waals surface area contributed by atoms with Crippen molar-refractivity contribution in [3.8, 4) is 0 Å². The lowest BCUT2D eigenvalue weighted by atomic mass is 9.86. The van der Waals surface area contributed by atoms with Gasteiger partial charge in [0.15, 0.2) is 0 Å². The number of benzene rings is 3. The van der Waals surface area contributed by atoms with Crippen LogP contribution in [0.25, 0.3) is 0 Å². The van der Waals surface area contributed by atoms with Gasteiger partial charge in [0.1, 0.15) is 0 Å². The summed E-state index contributed by atoms with van der Waals surface area (Å²) >= 11 is 0. The molecule has 1 aliphatic rings. The first kappa shape index (κ1) is 30.3. The minimum absolute atomic E-state index is 0.112. The van der Waals surface area contributed by atoms with Gasteiger partial charge in [-0.2, -0.15) is 0 Å². The van der Waals surface area contributed by atoms with Crippen molar-refractivity contribution in [1.29, 1.82) is 0 Å². The third-order valence-electron chi connectivity index (χ3n) is 8.14. The molecule has 218 valence electrons. The summed E-state index contributed by atoms with van der Waals surface area (Å²) in [4.78, 5) is 28.3. The average Bonchev–Trinajstić information content (AvgIpc) is 3.03. The topological polar surface area (TPSA) is 73.5 Å². The van der Waals surface area contributed by atoms with Crippen LogP contribution in [0.1, 0.15) is 79.4 Å². The Morgan fingerprint density at radius 1 is 0.756 bits per heavy atom. The van der Waals surface area contributed by atoms with Gasteiger partial charge in [0.2, 0.25) is 0 Å². The van der Waals surface area contributed by atoms with Crippen LogP contribution < -0.4 is 16.0 Å². The molecule has 1 unspecified atom stereocenters. The van der Waals surface area contributed by atoms with Gasteiger partial charge in [0, 0.05) is 18.7 Å². The van der Waals surface area contributed by atoms with Crippen molar-refractivity contribution in [2.24, 2.45) is 5.92 Å². The lowest BCUT2D eigenvalue weighted by molar-refractivity contribution is 0.0932. The van der Waals surface area contributed by atoms with Gasteiger partial charge in [-0.05, 0) is 61.5 Å². The largest absolute Gasteiger partial charge is 0.350 e. The van der Waals surface area contributed by atoms with Crippen LogP contribution in [-0.2, 0) is 0 Å². The molecule has 0 aliphatic carbocycles. The summed E-state index contributed by atoms with van der Waals surface area (Å²) in [6, 6.07) is 30.6. The Morgan fingerprint density at radius 3 is 1.90 bits per heavy atom. The third kappa shape index (κ3) is 9.46. The second-order valence-corrected chi connectivity index (χ2v) is 11.1. The van der Waals surface area contributed by atoms with Crippen molar-refractivity contribution in [2.45, 2.75) is 64.0 Å². The van der Waals surface area contributed by atoms with Gasteiger partial charge in [0.25, 0.3) is 5.91 Å². The number of rotatable bonds is 14. The Kier molecular flexibility index (Phi) is 12.3. The smallest absolute Gasteiger partial charge is 0.315 e. The summed E-state index contributed by atoms with van der Waals surface area (Å²) in [6.45, 7) is 5.12. The third-order valence-corrected chi connectivity index (χ3v) is 8.14. The highest BCUT2D eigenvalue weighted by molar-refractivity contribution is 5.94. The van der Waals surface area contributed by atoms with Gasteiger partial charge in [-0.25, -0.2) is 4.79 Å². The molecule has 0 aromatic heterocycles. The lowest BCUT2D eigenvalue weighted by Gasteiger charge is -2.40. The summed E-state index contributed by atoms with van der Waals surface area (Å²) in [5.74, 6) is 0.157. The molecule has 3 amide bonds. The van der Waals surface area contributed by atoms with Crippen LogP contribution >= 0.6 is 0 Å². The Labute approximate surface area is 245 Å². The number of hydrogen-bond acceptors (Lipinski definition) is 3. The number of unbranched alkanes of at least 4 members (excludes halogenated alkanes) is 4. The monoisotopic (exact) mass is 554 g/mol. The van der Waals surface area contributed by atoms with Crippen LogP contribution in [0.2, 0.25) is 0 Å². The van der Waals surface area contributed by atoms with Crippen molar-refractivity contribution >= 4 is 11.9 Å². The first-order valence-corrected chi connectivity index (χ1v) is 15.4. The van der Waals surface area contributed by atoms with Gasteiger partial charge >= 0.3 is 6.03 Å². The minimum Gasteiger partial charge on any atom is -0.350 e. The van der Waals surface area contributed by atoms with Crippen LogP contribution in [0.5, 0.6) is 0 Å². The van der Waals surface area contributed by atoms with Crippen molar-refractivity contribution < 1.29 is 9.59 Å². The maximum atomic E-state index is 12.9. The highest BCUT2D eigenvalue weighted by Gasteiger charge is 2.32. The molecule has 0 bridgehead atoms. The number of carbonyl (C=O) groups is 2. The quantitative estimate of drug-likeness (QED) is 0.198. The molecular formula is C35H46N4O2. The molecule has 6 heteroatoms. The Morgan fingerprint density at radius 2 is 1.32 bits per heavy atom. The van der Waals surface area contributed by atoms with Crippen molar-refractivity contribution in [2.75, 3.05) is 26.2 Å². The van der Waals surface area contributed by atoms with E-state index in [1.165, 1.54) is 30.4 Å². The number of nitrogens with one attached hydrogen (secondary N) is 3. The Hall–Kier alpha value is -3.64. The van der Waals surface area contributed by atoms with E-state index < -0.39 is 0 Å². The summed E-state index contributed by atoms with van der Waals surface area (Å²) in [5, 5.41) is 9.35. The summed E-state index contributed by atoms with van der Waals surface area (Å²) < 4.78 is 0. The molecule has 3 aromatic rings. The number of urea groups is 1. The van der Waals surface area contributed by atoms with Crippen LogP contribution in [0.3, 0.4) is 0 Å². The summed E-state index contributed by atoms with van der Waals surface area (Å²) in [6.07, 6.45) is 7.66. The number of piperidine rings is 1. The molecule has 1 fully saturated rings. The molecule has 4 rings (SSSR count). The fraction of sp³-hybridized carbons (Fsp3) is 0.429. The summed E-state index contributed by atoms with van der Waals surface area (Å²) in [7, 11) is 0. The Balaban J connectivity index is 1.39. The highest BCUT2D eigenvalue weighted by atomic mass is 16.2. The highest BCUT2D eigenvalue weighted by Crippen LogP contribution is 2.33. The lowest BCUT2D eigenvalue weighted by Crippen LogP contribution is -2.53. The molecule has 3 N–H and O–H groups in total. The molecular weight excluding hydrogens is 508 g/mol. The zero-order valence-electron chi connectivity index (χ0n) is 24.4. The van der Waals surface area contributed by atoms with Gasteiger partial charge < -0.3 is 16.0 Å². The van der Waals surface area contributed by atoms with Crippen molar-refractivity contribution in [3.63, 3.8) is 0 Å². The maximum Gasteiger partial charge on any atom is 0.315 e. The van der Waals surface area contributed by atoms with E-state index in [-0.39, 0.29) is 29.9 Å². The van der Waals surface area contributed by atoms with E-state index in [9.17, 15) is 9.59 Å². The molecule has 6 nitrogen and oxygen atoms in total. The van der Waals surface area contributed by atoms with E-state index in [1.807, 2.05) is 30.3 Å². The van der Waals surface area contributed by atoms with Crippen LogP contribution in [-0.4, -0.2) is 49.1 Å². The number of amides is 3. The van der Waals surface area contributed by atoms with Crippen LogP contribution in [0.4, 0.5) is 4.79 Å². The van der Waals surface area contributed by atoms with Gasteiger partial charge in [-0.3, -0.25) is 9.69 Å². The van der Waals surface area contributed by atoms with Crippen molar-refractivity contribution in [1.82, 2.24) is 20.9 Å². The molecule has 1 aliphatic heterocycles. The van der Waals surface area contributed by atoms with Gasteiger partial charge in [-0.1, -0.05) is 111 Å². The molecule has 1 saturated heterocycles. The van der Waals surface area contributed by atoms with E-state index in [0.717, 1.165) is 38.8 Å². The first-order chi connectivity index (χ1) is 20.2. The number of nitrogens with zero attached hydrogens (tertiary/aromatic N) is 1. The zero-order valence-corrected chi connectivity index (χ0v) is 24.4. The first-order valence-electron chi connectivity index (χ1n) is 15.4. The summed E-state index contributed by atoms with van der Waals surface area (Å²) in [5.41, 5.74) is 3.21. The molecule has 1 atom stereocenters. The number of likely N-dealkylation sites (tertiary alicyclic amines) is 1. The SMILES string of the molecule is CCCCCCCNC(=O)NC(CNC(=O)c1ccccc1)C1CCN(C(c2ccccc2)c2ccccc2)CC1. The van der Waals surface area contributed by atoms with Gasteiger partial charge in [-0.15, -0.1) is 0 Å². The fourth-order valence-electron chi connectivity index (χ4n) is 5.84. The fourth-order valence-corrected chi connectivity index (χ4v) is 5.84. The number of hydrogen-bond donors (Lipinski definition) is 3. The molecule has 1 heterocycles.